The van der Waals surface area contributed by atoms with Gasteiger partial charge in [-0.2, -0.15) is 0 Å². The van der Waals surface area contributed by atoms with Crippen molar-refractivity contribution in [3.63, 3.8) is 0 Å². The molecule has 69 heavy (non-hydrogen) atoms. The van der Waals surface area contributed by atoms with Crippen molar-refractivity contribution in [2.24, 2.45) is 0 Å². The Hall–Kier alpha value is -8.78. The highest BCUT2D eigenvalue weighted by Crippen LogP contribution is 2.58. The molecule has 0 spiro atoms. The Kier molecular flexibility index (Phi) is 9.87. The molecule has 0 saturated carbocycles. The van der Waals surface area contributed by atoms with Gasteiger partial charge in [0.15, 0.2) is 0 Å². The Morgan fingerprint density at radius 2 is 0.652 bits per heavy atom. The van der Waals surface area contributed by atoms with Crippen LogP contribution in [0.2, 0.25) is 0 Å². The highest BCUT2D eigenvalue weighted by molar-refractivity contribution is 5.92. The maximum absolute atomic E-state index is 2.50. The molecule has 11 aromatic carbocycles. The molecule has 0 amide bonds. The fraction of sp³-hybridized carbons (Fsp3) is 0.0294. The number of anilines is 3. The summed E-state index contributed by atoms with van der Waals surface area (Å²) in [5.41, 5.74) is 25.5. The van der Waals surface area contributed by atoms with Crippen molar-refractivity contribution in [3.05, 3.63) is 306 Å². The Labute approximate surface area is 404 Å². The summed E-state index contributed by atoms with van der Waals surface area (Å²) in [5.74, 6) is 0. The minimum atomic E-state index is -0.530. The number of benzene rings is 11. The van der Waals surface area contributed by atoms with E-state index >= 15 is 0 Å². The summed E-state index contributed by atoms with van der Waals surface area (Å²) < 4.78 is 0. The Bertz CT molecular complexity index is 3610. The smallest absolute Gasteiger partial charge is 0.0713 e. The monoisotopic (exact) mass is 877 g/mol. The van der Waals surface area contributed by atoms with Crippen LogP contribution in [-0.4, -0.2) is 0 Å². The molecule has 0 fully saturated rings. The first-order chi connectivity index (χ1) is 34.2. The third-order valence-electron chi connectivity index (χ3n) is 14.5. The number of hydrogen-bond donors (Lipinski definition) is 0. The molecule has 0 aromatic heterocycles. The molecule has 13 rings (SSSR count). The lowest BCUT2D eigenvalue weighted by molar-refractivity contribution is 0.769. The topological polar surface area (TPSA) is 3.24 Å². The zero-order chi connectivity index (χ0) is 45.7. The van der Waals surface area contributed by atoms with Crippen molar-refractivity contribution < 1.29 is 0 Å². The van der Waals surface area contributed by atoms with Gasteiger partial charge in [0.25, 0.3) is 0 Å². The Morgan fingerprint density at radius 1 is 0.261 bits per heavy atom. The van der Waals surface area contributed by atoms with E-state index in [4.69, 9.17) is 0 Å². The van der Waals surface area contributed by atoms with Gasteiger partial charge in [-0.05, 0) is 155 Å². The van der Waals surface area contributed by atoms with E-state index in [0.29, 0.717) is 0 Å². The summed E-state index contributed by atoms with van der Waals surface area (Å²) in [6.07, 6.45) is 0.834. The van der Waals surface area contributed by atoms with Crippen LogP contribution in [0.3, 0.4) is 0 Å². The van der Waals surface area contributed by atoms with Crippen LogP contribution in [0.15, 0.2) is 273 Å². The normalized spacial score (nSPS) is 13.0. The molecular weight excluding hydrogens is 831 g/mol. The first-order valence-corrected chi connectivity index (χ1v) is 24.0. The largest absolute Gasteiger partial charge is 0.310 e. The molecule has 1 aliphatic heterocycles. The minimum absolute atomic E-state index is 0.530. The van der Waals surface area contributed by atoms with Gasteiger partial charge in [-0.25, -0.2) is 0 Å². The highest BCUT2D eigenvalue weighted by atomic mass is 15.2. The van der Waals surface area contributed by atoms with Crippen LogP contribution >= 0.6 is 0 Å². The summed E-state index contributed by atoms with van der Waals surface area (Å²) in [7, 11) is 0. The van der Waals surface area contributed by atoms with E-state index in [2.05, 4.69) is 278 Å². The van der Waals surface area contributed by atoms with E-state index in [1.165, 1.54) is 112 Å². The first-order valence-electron chi connectivity index (χ1n) is 24.0. The molecule has 0 atom stereocenters. The van der Waals surface area contributed by atoms with Crippen molar-refractivity contribution in [2.75, 3.05) is 4.90 Å². The summed E-state index contributed by atoms with van der Waals surface area (Å²) in [6.45, 7) is 0. The van der Waals surface area contributed by atoms with E-state index in [9.17, 15) is 0 Å². The molecule has 324 valence electrons. The van der Waals surface area contributed by atoms with E-state index in [1.54, 1.807) is 0 Å². The zero-order valence-electron chi connectivity index (χ0n) is 38.1. The van der Waals surface area contributed by atoms with Gasteiger partial charge in [-0.15, -0.1) is 0 Å². The predicted molar refractivity (Wildman–Crippen MR) is 288 cm³/mol. The van der Waals surface area contributed by atoms with Crippen molar-refractivity contribution in [2.45, 2.75) is 11.8 Å². The third kappa shape index (κ3) is 6.93. The van der Waals surface area contributed by atoms with Crippen LogP contribution in [0, 0.1) is 0 Å². The lowest BCUT2D eigenvalue weighted by Gasteiger charge is -2.35. The van der Waals surface area contributed by atoms with Crippen molar-refractivity contribution in [3.8, 4) is 66.8 Å². The number of nitrogens with zero attached hydrogens (tertiary/aromatic N) is 1. The molecule has 0 radical (unpaired) electrons. The summed E-state index contributed by atoms with van der Waals surface area (Å²) >= 11 is 0. The Balaban J connectivity index is 0.961. The Morgan fingerprint density at radius 3 is 1.22 bits per heavy atom. The number of fused-ring (bicyclic) bond motifs is 5. The van der Waals surface area contributed by atoms with Gasteiger partial charge in [0.05, 0.1) is 5.41 Å². The molecular formula is C68H47N. The van der Waals surface area contributed by atoms with E-state index in [0.717, 1.165) is 12.1 Å². The molecule has 0 unspecified atom stereocenters. The fourth-order valence-electron chi connectivity index (χ4n) is 11.3. The lowest BCUT2D eigenvalue weighted by atomic mass is 9.67. The molecule has 2 aliphatic rings. The van der Waals surface area contributed by atoms with E-state index in [-0.39, 0.29) is 0 Å². The predicted octanol–water partition coefficient (Wildman–Crippen LogP) is 17.8. The molecule has 1 nitrogen and oxygen atoms in total. The van der Waals surface area contributed by atoms with Crippen molar-refractivity contribution >= 4 is 17.1 Å². The number of hydrogen-bond acceptors (Lipinski definition) is 1. The molecule has 1 aliphatic carbocycles. The molecule has 0 N–H and O–H groups in total. The van der Waals surface area contributed by atoms with Crippen LogP contribution in [0.5, 0.6) is 0 Å². The quantitative estimate of drug-likeness (QED) is 0.147. The van der Waals surface area contributed by atoms with Crippen LogP contribution < -0.4 is 4.90 Å². The van der Waals surface area contributed by atoms with Crippen molar-refractivity contribution in [1.29, 1.82) is 0 Å². The standard InChI is InChI=1S/C68H47N/c1-6-17-47(18-7-1)50-29-35-61(36-30-50)69-66-39-33-53(49-21-10-3-11-22-49)42-57(66)44-58-43-54(34-40-67(58)69)56-31-37-62-63-45-55(52-24-16-23-51(41-52)48-19-8-2-9-20-48)32-38-64(63)68(65(62)46-56,59-25-12-4-13-26-59)60-27-14-5-15-28-60/h1-43,45-46H,44H2. The summed E-state index contributed by atoms with van der Waals surface area (Å²) in [4.78, 5) is 2.46. The van der Waals surface area contributed by atoms with Crippen LogP contribution in [0.1, 0.15) is 33.4 Å². The summed E-state index contributed by atoms with van der Waals surface area (Å²) in [5, 5.41) is 0. The SMILES string of the molecule is c1ccc(-c2ccc(N3c4ccc(-c5ccccc5)cc4Cc4cc(-c5ccc6c(c5)C(c5ccccc5)(c5ccccc5)c5ccc(-c7cccc(-c8ccccc8)c7)cc5-6)ccc43)cc2)cc1. The molecule has 1 heterocycles. The molecule has 11 aromatic rings. The average molecular weight is 878 g/mol. The summed E-state index contributed by atoms with van der Waals surface area (Å²) in [6, 6.07) is 101. The van der Waals surface area contributed by atoms with Crippen LogP contribution in [0.25, 0.3) is 66.8 Å². The number of rotatable bonds is 8. The van der Waals surface area contributed by atoms with E-state index in [1.807, 2.05) is 0 Å². The zero-order valence-corrected chi connectivity index (χ0v) is 38.1. The van der Waals surface area contributed by atoms with Gasteiger partial charge in [0.1, 0.15) is 0 Å². The first kappa shape index (κ1) is 40.5. The van der Waals surface area contributed by atoms with Gasteiger partial charge in [-0.3, -0.25) is 0 Å². The molecule has 1 heteroatoms. The lowest BCUT2D eigenvalue weighted by Crippen LogP contribution is -2.28. The maximum Gasteiger partial charge on any atom is 0.0713 e. The van der Waals surface area contributed by atoms with Crippen molar-refractivity contribution in [1.82, 2.24) is 0 Å². The van der Waals surface area contributed by atoms with Gasteiger partial charge < -0.3 is 4.90 Å². The maximum atomic E-state index is 2.50. The van der Waals surface area contributed by atoms with Gasteiger partial charge in [-0.1, -0.05) is 218 Å². The third-order valence-corrected chi connectivity index (χ3v) is 14.5. The second kappa shape index (κ2) is 16.8. The van der Waals surface area contributed by atoms with Gasteiger partial charge >= 0.3 is 0 Å². The van der Waals surface area contributed by atoms with Crippen LogP contribution in [0.4, 0.5) is 17.1 Å². The van der Waals surface area contributed by atoms with E-state index < -0.39 is 5.41 Å². The minimum Gasteiger partial charge on any atom is -0.310 e. The molecule has 0 bridgehead atoms. The molecule has 0 saturated heterocycles. The highest BCUT2D eigenvalue weighted by Gasteiger charge is 2.46. The van der Waals surface area contributed by atoms with Gasteiger partial charge in [0, 0.05) is 23.5 Å². The average Bonchev–Trinajstić information content (AvgIpc) is 3.73. The van der Waals surface area contributed by atoms with Gasteiger partial charge in [0.2, 0.25) is 0 Å². The van der Waals surface area contributed by atoms with Crippen LogP contribution in [-0.2, 0) is 11.8 Å². The second-order valence-electron chi connectivity index (χ2n) is 18.4. The fourth-order valence-corrected chi connectivity index (χ4v) is 11.3. The second-order valence-corrected chi connectivity index (χ2v) is 18.4.